The second kappa shape index (κ2) is 10.0. The maximum Gasteiger partial charge on any atom is 0.238 e. The van der Waals surface area contributed by atoms with Gasteiger partial charge in [-0.1, -0.05) is 19.9 Å². The number of carbonyl (C=O) groups excluding carboxylic acids is 2. The Hall–Kier alpha value is -1.88. The van der Waals surface area contributed by atoms with Crippen molar-refractivity contribution in [1.82, 2.24) is 10.2 Å². The van der Waals surface area contributed by atoms with Crippen LogP contribution in [0.15, 0.2) is 18.2 Å². The maximum atomic E-state index is 12.2. The van der Waals surface area contributed by atoms with E-state index in [0.29, 0.717) is 6.54 Å². The summed E-state index contributed by atoms with van der Waals surface area (Å²) in [6.07, 6.45) is 1.81. The van der Waals surface area contributed by atoms with E-state index in [4.69, 9.17) is 0 Å². The highest BCUT2D eigenvalue weighted by molar-refractivity contribution is 5.92. The summed E-state index contributed by atoms with van der Waals surface area (Å²) in [5.41, 5.74) is 3.14. The Balaban J connectivity index is 2.55. The van der Waals surface area contributed by atoms with Crippen molar-refractivity contribution >= 4 is 17.5 Å². The highest BCUT2D eigenvalue weighted by Crippen LogP contribution is 2.14. The first-order valence-electron chi connectivity index (χ1n) is 8.32. The molecule has 0 atom stereocenters. The van der Waals surface area contributed by atoms with Gasteiger partial charge in [0.15, 0.2) is 0 Å². The fourth-order valence-corrected chi connectivity index (χ4v) is 2.28. The van der Waals surface area contributed by atoms with Crippen LogP contribution >= 0.6 is 0 Å². The van der Waals surface area contributed by atoms with Gasteiger partial charge in [0.1, 0.15) is 0 Å². The summed E-state index contributed by atoms with van der Waals surface area (Å²) in [4.78, 5) is 25.9. The molecular weight excluding hydrogens is 290 g/mol. The van der Waals surface area contributed by atoms with E-state index in [1.165, 1.54) is 5.56 Å². The maximum absolute atomic E-state index is 12.2. The van der Waals surface area contributed by atoms with Crippen LogP contribution in [-0.2, 0) is 9.59 Å². The number of rotatable bonds is 9. The minimum Gasteiger partial charge on any atom is -0.355 e. The van der Waals surface area contributed by atoms with Gasteiger partial charge in [-0.15, -0.1) is 0 Å². The molecule has 0 unspecified atom stereocenters. The molecule has 0 bridgehead atoms. The molecule has 0 spiro atoms. The molecule has 2 amide bonds. The summed E-state index contributed by atoms with van der Waals surface area (Å²) < 4.78 is 0. The minimum atomic E-state index is -0.0926. The summed E-state index contributed by atoms with van der Waals surface area (Å²) in [5.74, 6) is -0.121. The van der Waals surface area contributed by atoms with Gasteiger partial charge in [0.2, 0.25) is 11.8 Å². The fourth-order valence-electron chi connectivity index (χ4n) is 2.28. The smallest absolute Gasteiger partial charge is 0.238 e. The first-order chi connectivity index (χ1) is 11.0. The van der Waals surface area contributed by atoms with E-state index in [-0.39, 0.29) is 24.9 Å². The molecule has 2 N–H and O–H groups in total. The molecule has 0 radical (unpaired) electrons. The predicted octanol–water partition coefficient (Wildman–Crippen LogP) is 2.48. The molecule has 23 heavy (non-hydrogen) atoms. The van der Waals surface area contributed by atoms with Crippen LogP contribution in [0.4, 0.5) is 5.69 Å². The number of amides is 2. The highest BCUT2D eigenvalue weighted by atomic mass is 16.2. The van der Waals surface area contributed by atoms with Crippen molar-refractivity contribution < 1.29 is 9.59 Å². The average molecular weight is 319 g/mol. The van der Waals surface area contributed by atoms with Crippen LogP contribution in [0.25, 0.3) is 0 Å². The Bertz CT molecular complexity index is 529. The zero-order valence-corrected chi connectivity index (χ0v) is 14.7. The first-order valence-corrected chi connectivity index (χ1v) is 8.32. The van der Waals surface area contributed by atoms with Gasteiger partial charge in [0, 0.05) is 12.2 Å². The van der Waals surface area contributed by atoms with E-state index in [9.17, 15) is 9.59 Å². The summed E-state index contributed by atoms with van der Waals surface area (Å²) >= 11 is 0. The van der Waals surface area contributed by atoms with Gasteiger partial charge in [-0.05, 0) is 56.5 Å². The third-order valence-electron chi connectivity index (χ3n) is 3.64. The molecule has 5 heteroatoms. The average Bonchev–Trinajstić information content (AvgIpc) is 2.49. The molecule has 0 aromatic heterocycles. The van der Waals surface area contributed by atoms with Gasteiger partial charge in [-0.25, -0.2) is 0 Å². The quantitative estimate of drug-likeness (QED) is 0.735. The number of benzene rings is 1. The van der Waals surface area contributed by atoms with Gasteiger partial charge in [0.25, 0.3) is 0 Å². The van der Waals surface area contributed by atoms with Crippen LogP contribution in [0.2, 0.25) is 0 Å². The Kier molecular flexibility index (Phi) is 8.33. The molecule has 1 rings (SSSR count). The highest BCUT2D eigenvalue weighted by Gasteiger charge is 2.14. The van der Waals surface area contributed by atoms with Crippen LogP contribution < -0.4 is 10.6 Å². The van der Waals surface area contributed by atoms with Crippen molar-refractivity contribution in [1.29, 1.82) is 0 Å². The summed E-state index contributed by atoms with van der Waals surface area (Å²) in [6, 6.07) is 5.86. The Morgan fingerprint density at radius 2 is 1.70 bits per heavy atom. The molecule has 0 aliphatic heterocycles. The number of carbonyl (C=O) groups is 2. The molecule has 0 heterocycles. The fraction of sp³-hybridized carbons (Fsp3) is 0.556. The molecule has 0 aliphatic carbocycles. The standard InChI is InChI=1S/C18H29N3O2/c1-5-9-19-17(22)12-21(10-6-2)13-18(23)20-16-8-7-14(3)15(4)11-16/h7-8,11H,5-6,9-10,12-13H2,1-4H3,(H,19,22)(H,20,23). The van der Waals surface area contributed by atoms with Crippen LogP contribution in [0.3, 0.4) is 0 Å². The lowest BCUT2D eigenvalue weighted by molar-refractivity contribution is -0.123. The molecule has 1 aromatic rings. The van der Waals surface area contributed by atoms with Crippen molar-refractivity contribution in [3.63, 3.8) is 0 Å². The predicted molar refractivity (Wildman–Crippen MR) is 94.6 cm³/mol. The second-order valence-corrected chi connectivity index (χ2v) is 5.91. The Morgan fingerprint density at radius 1 is 1.00 bits per heavy atom. The molecule has 0 aliphatic rings. The number of nitrogens with one attached hydrogen (secondary N) is 2. The van der Waals surface area contributed by atoms with E-state index in [0.717, 1.165) is 30.6 Å². The lowest BCUT2D eigenvalue weighted by Crippen LogP contribution is -2.41. The summed E-state index contributed by atoms with van der Waals surface area (Å²) in [6.45, 7) is 9.99. The lowest BCUT2D eigenvalue weighted by atomic mass is 10.1. The third kappa shape index (κ3) is 7.28. The third-order valence-corrected chi connectivity index (χ3v) is 3.64. The van der Waals surface area contributed by atoms with E-state index < -0.39 is 0 Å². The molecule has 0 saturated carbocycles. The number of hydrogen-bond acceptors (Lipinski definition) is 3. The van der Waals surface area contributed by atoms with Crippen LogP contribution in [0.1, 0.15) is 37.8 Å². The van der Waals surface area contributed by atoms with Gasteiger partial charge < -0.3 is 10.6 Å². The lowest BCUT2D eigenvalue weighted by Gasteiger charge is -2.20. The van der Waals surface area contributed by atoms with Crippen molar-refractivity contribution in [2.45, 2.75) is 40.5 Å². The SMILES string of the molecule is CCCNC(=O)CN(CCC)CC(=O)Nc1ccc(C)c(C)c1. The van der Waals surface area contributed by atoms with Gasteiger partial charge >= 0.3 is 0 Å². The summed E-state index contributed by atoms with van der Waals surface area (Å²) in [5, 5.41) is 5.75. The molecule has 0 fully saturated rings. The van der Waals surface area contributed by atoms with E-state index in [2.05, 4.69) is 10.6 Å². The second-order valence-electron chi connectivity index (χ2n) is 5.91. The minimum absolute atomic E-state index is 0.0284. The van der Waals surface area contributed by atoms with Gasteiger partial charge in [-0.3, -0.25) is 14.5 Å². The molecule has 5 nitrogen and oxygen atoms in total. The molecule has 0 saturated heterocycles. The van der Waals surface area contributed by atoms with Crippen molar-refractivity contribution in [2.24, 2.45) is 0 Å². The number of anilines is 1. The molecule has 128 valence electrons. The zero-order valence-electron chi connectivity index (χ0n) is 14.7. The first kappa shape index (κ1) is 19.2. The summed E-state index contributed by atoms with van der Waals surface area (Å²) in [7, 11) is 0. The van der Waals surface area contributed by atoms with Crippen LogP contribution in [0.5, 0.6) is 0 Å². The number of hydrogen-bond donors (Lipinski definition) is 2. The molecular formula is C18H29N3O2. The Labute approximate surface area is 139 Å². The molecule has 1 aromatic carbocycles. The van der Waals surface area contributed by atoms with Gasteiger partial charge in [-0.2, -0.15) is 0 Å². The number of nitrogens with zero attached hydrogens (tertiary/aromatic N) is 1. The van der Waals surface area contributed by atoms with Crippen molar-refractivity contribution in [3.05, 3.63) is 29.3 Å². The van der Waals surface area contributed by atoms with Crippen LogP contribution in [0, 0.1) is 13.8 Å². The van der Waals surface area contributed by atoms with Crippen molar-refractivity contribution in [3.8, 4) is 0 Å². The number of aryl methyl sites for hydroxylation is 2. The Morgan fingerprint density at radius 3 is 2.30 bits per heavy atom. The normalized spacial score (nSPS) is 10.7. The van der Waals surface area contributed by atoms with E-state index in [1.54, 1.807) is 0 Å². The van der Waals surface area contributed by atoms with Crippen molar-refractivity contribution in [2.75, 3.05) is 31.5 Å². The van der Waals surface area contributed by atoms with E-state index >= 15 is 0 Å². The van der Waals surface area contributed by atoms with Gasteiger partial charge in [0.05, 0.1) is 13.1 Å². The largest absolute Gasteiger partial charge is 0.355 e. The topological polar surface area (TPSA) is 61.4 Å². The monoisotopic (exact) mass is 319 g/mol. The van der Waals surface area contributed by atoms with E-state index in [1.807, 2.05) is 50.8 Å². The zero-order chi connectivity index (χ0) is 17.2. The van der Waals surface area contributed by atoms with Crippen LogP contribution in [-0.4, -0.2) is 42.9 Å².